The summed E-state index contributed by atoms with van der Waals surface area (Å²) in [6, 6.07) is 60.1. The molecule has 0 aliphatic heterocycles. The molecule has 0 unspecified atom stereocenters. The lowest BCUT2D eigenvalue weighted by molar-refractivity contribution is 0.775. The van der Waals surface area contributed by atoms with Gasteiger partial charge in [0.1, 0.15) is 0 Å². The summed E-state index contributed by atoms with van der Waals surface area (Å²) in [5.41, 5.74) is 16.2. The summed E-state index contributed by atoms with van der Waals surface area (Å²) in [5.74, 6) is 1.75. The minimum Gasteiger partial charge on any atom is -0.208 e. The molecule has 52 heavy (non-hydrogen) atoms. The first kappa shape index (κ1) is 29.9. The minimum atomic E-state index is -0.545. The number of hydrogen-bond acceptors (Lipinski definition) is 4. The topological polar surface area (TPSA) is 62.5 Å². The number of nitriles is 1. The van der Waals surface area contributed by atoms with Crippen LogP contribution in [0.1, 0.15) is 33.4 Å². The van der Waals surface area contributed by atoms with E-state index in [2.05, 4.69) is 153 Å². The lowest BCUT2D eigenvalue weighted by atomic mass is 9.66. The second kappa shape index (κ2) is 11.6. The third-order valence-electron chi connectivity index (χ3n) is 10.7. The first-order chi connectivity index (χ1) is 25.6. The molecule has 0 N–H and O–H groups in total. The Balaban J connectivity index is 1.27. The molecule has 1 aromatic heterocycles. The summed E-state index contributed by atoms with van der Waals surface area (Å²) in [4.78, 5) is 15.2. The van der Waals surface area contributed by atoms with Crippen molar-refractivity contribution < 1.29 is 0 Å². The van der Waals surface area contributed by atoms with Gasteiger partial charge in [-0.2, -0.15) is 5.26 Å². The van der Waals surface area contributed by atoms with Gasteiger partial charge in [-0.3, -0.25) is 0 Å². The largest absolute Gasteiger partial charge is 0.208 e. The van der Waals surface area contributed by atoms with Crippen LogP contribution in [-0.4, -0.2) is 15.0 Å². The second-order valence-electron chi connectivity index (χ2n) is 13.6. The van der Waals surface area contributed by atoms with E-state index in [1.54, 1.807) is 12.1 Å². The van der Waals surface area contributed by atoms with Crippen LogP contribution >= 0.6 is 0 Å². The quantitative estimate of drug-likeness (QED) is 0.189. The van der Waals surface area contributed by atoms with Crippen molar-refractivity contribution in [1.82, 2.24) is 15.0 Å². The van der Waals surface area contributed by atoms with E-state index < -0.39 is 5.41 Å². The second-order valence-corrected chi connectivity index (χ2v) is 13.6. The number of benzene rings is 7. The molecule has 0 radical (unpaired) electrons. The SMILES string of the molecule is Cc1ccc(-c2nc(-c3ccc(C#N)cc3)nc(-c3ccc4c(c3)-c3ccccc3-c3ccccc3C43c4ccccc4-c4ccccc43)n2)cc1. The number of aromatic nitrogens is 3. The number of hydrogen-bond donors (Lipinski definition) is 0. The van der Waals surface area contributed by atoms with Crippen molar-refractivity contribution in [3.8, 4) is 73.6 Å². The number of nitrogens with zero attached hydrogens (tertiary/aromatic N) is 4. The Morgan fingerprint density at radius 3 is 1.31 bits per heavy atom. The van der Waals surface area contributed by atoms with Crippen LogP contribution in [0.2, 0.25) is 0 Å². The van der Waals surface area contributed by atoms with Crippen LogP contribution in [-0.2, 0) is 5.41 Å². The van der Waals surface area contributed by atoms with Crippen LogP contribution in [0.4, 0.5) is 0 Å². The molecule has 1 spiro atoms. The van der Waals surface area contributed by atoms with Crippen LogP contribution in [0.3, 0.4) is 0 Å². The smallest absolute Gasteiger partial charge is 0.164 e. The van der Waals surface area contributed by atoms with Crippen LogP contribution in [0.25, 0.3) is 67.5 Å². The Kier molecular flexibility index (Phi) is 6.64. The zero-order valence-electron chi connectivity index (χ0n) is 28.4. The average molecular weight is 663 g/mol. The fourth-order valence-electron chi connectivity index (χ4n) is 8.35. The van der Waals surface area contributed by atoms with Gasteiger partial charge in [0.05, 0.1) is 17.0 Å². The maximum atomic E-state index is 9.44. The normalized spacial score (nSPS) is 12.8. The fraction of sp³-hybridized carbons (Fsp3) is 0.0417. The summed E-state index contributed by atoms with van der Waals surface area (Å²) in [6.07, 6.45) is 0. The maximum Gasteiger partial charge on any atom is 0.164 e. The summed E-state index contributed by atoms with van der Waals surface area (Å²) in [5, 5.41) is 9.44. The first-order valence-electron chi connectivity index (χ1n) is 17.5. The van der Waals surface area contributed by atoms with E-state index in [0.29, 0.717) is 23.0 Å². The molecule has 0 atom stereocenters. The average Bonchev–Trinajstić information content (AvgIpc) is 3.46. The first-order valence-corrected chi connectivity index (χ1v) is 17.5. The van der Waals surface area contributed by atoms with Crippen molar-refractivity contribution in [2.75, 3.05) is 0 Å². The Morgan fingerprint density at radius 1 is 0.404 bits per heavy atom. The van der Waals surface area contributed by atoms with Crippen molar-refractivity contribution in [3.63, 3.8) is 0 Å². The van der Waals surface area contributed by atoms with Crippen LogP contribution in [0.15, 0.2) is 164 Å². The van der Waals surface area contributed by atoms with Crippen molar-refractivity contribution in [3.05, 3.63) is 197 Å². The predicted molar refractivity (Wildman–Crippen MR) is 207 cm³/mol. The third-order valence-corrected chi connectivity index (χ3v) is 10.7. The highest BCUT2D eigenvalue weighted by atomic mass is 15.0. The Hall–Kier alpha value is -6.96. The van der Waals surface area contributed by atoms with Gasteiger partial charge >= 0.3 is 0 Å². The molecule has 4 nitrogen and oxygen atoms in total. The summed E-state index contributed by atoms with van der Waals surface area (Å²) in [6.45, 7) is 2.07. The zero-order chi connectivity index (χ0) is 34.8. The van der Waals surface area contributed by atoms with Gasteiger partial charge in [-0.25, -0.2) is 15.0 Å². The van der Waals surface area contributed by atoms with Gasteiger partial charge in [0.15, 0.2) is 17.5 Å². The molecule has 7 aromatic carbocycles. The van der Waals surface area contributed by atoms with Crippen molar-refractivity contribution in [2.24, 2.45) is 0 Å². The van der Waals surface area contributed by atoms with E-state index in [4.69, 9.17) is 15.0 Å². The van der Waals surface area contributed by atoms with Gasteiger partial charge in [-0.05, 0) is 92.9 Å². The van der Waals surface area contributed by atoms with Gasteiger partial charge in [0.25, 0.3) is 0 Å². The van der Waals surface area contributed by atoms with Crippen LogP contribution in [0, 0.1) is 18.3 Å². The van der Waals surface area contributed by atoms with Gasteiger partial charge in [-0.1, -0.05) is 139 Å². The highest BCUT2D eigenvalue weighted by molar-refractivity contribution is 5.97. The molecule has 0 saturated carbocycles. The van der Waals surface area contributed by atoms with E-state index >= 15 is 0 Å². The summed E-state index contributed by atoms with van der Waals surface area (Å²) >= 11 is 0. The molecule has 1 heterocycles. The van der Waals surface area contributed by atoms with Crippen molar-refractivity contribution in [2.45, 2.75) is 12.3 Å². The molecule has 2 aliphatic rings. The highest BCUT2D eigenvalue weighted by Gasteiger charge is 2.49. The highest BCUT2D eigenvalue weighted by Crippen LogP contribution is 2.61. The lowest BCUT2D eigenvalue weighted by Crippen LogP contribution is -2.29. The molecule has 8 aromatic rings. The van der Waals surface area contributed by atoms with Crippen molar-refractivity contribution >= 4 is 0 Å². The van der Waals surface area contributed by atoms with Gasteiger partial charge in [-0.15, -0.1) is 0 Å². The standard InChI is InChI=1S/C48H30N4/c1-30-18-22-32(23-19-30)45-50-46(33-24-20-31(29-49)21-25-33)52-47(51-45)34-26-27-44-40(28-34)36-11-3-2-10-35(36)37-12-4-7-15-41(37)48(44)42-16-8-5-13-38(42)39-14-6-9-17-43(39)48/h2-28H,1H3. The molecular weight excluding hydrogens is 633 g/mol. The number of fused-ring (bicyclic) bond motifs is 12. The Morgan fingerprint density at radius 2 is 0.788 bits per heavy atom. The lowest BCUT2D eigenvalue weighted by Gasteiger charge is -2.35. The molecular formula is C48H30N4. The van der Waals surface area contributed by atoms with E-state index in [1.807, 2.05) is 12.1 Å². The zero-order valence-corrected chi connectivity index (χ0v) is 28.4. The predicted octanol–water partition coefficient (Wildman–Crippen LogP) is 11.1. The van der Waals surface area contributed by atoms with E-state index in [1.165, 1.54) is 55.6 Å². The molecule has 0 amide bonds. The molecule has 242 valence electrons. The van der Waals surface area contributed by atoms with Gasteiger partial charge in [0.2, 0.25) is 0 Å². The van der Waals surface area contributed by atoms with Crippen molar-refractivity contribution in [1.29, 1.82) is 5.26 Å². The van der Waals surface area contributed by atoms with Crippen LogP contribution in [0.5, 0.6) is 0 Å². The van der Waals surface area contributed by atoms with E-state index in [-0.39, 0.29) is 0 Å². The summed E-state index contributed by atoms with van der Waals surface area (Å²) in [7, 11) is 0. The molecule has 10 rings (SSSR count). The maximum absolute atomic E-state index is 9.44. The molecule has 0 bridgehead atoms. The monoisotopic (exact) mass is 662 g/mol. The Bertz CT molecular complexity index is 2710. The fourth-order valence-corrected chi connectivity index (χ4v) is 8.35. The van der Waals surface area contributed by atoms with E-state index in [9.17, 15) is 5.26 Å². The minimum absolute atomic E-state index is 0.545. The molecule has 0 saturated heterocycles. The Labute approximate surface area is 302 Å². The van der Waals surface area contributed by atoms with E-state index in [0.717, 1.165) is 22.3 Å². The molecule has 0 fully saturated rings. The molecule has 4 heteroatoms. The molecule has 2 aliphatic carbocycles. The summed E-state index contributed by atoms with van der Waals surface area (Å²) < 4.78 is 0. The van der Waals surface area contributed by atoms with Gasteiger partial charge in [0, 0.05) is 16.7 Å². The third kappa shape index (κ3) is 4.36. The number of rotatable bonds is 3. The number of aryl methyl sites for hydroxylation is 1. The van der Waals surface area contributed by atoms with Gasteiger partial charge < -0.3 is 0 Å². The van der Waals surface area contributed by atoms with Crippen LogP contribution < -0.4 is 0 Å².